The summed E-state index contributed by atoms with van der Waals surface area (Å²) in [5.41, 5.74) is -0.269. The highest BCUT2D eigenvalue weighted by atomic mass is 16.2. The molecule has 1 atom stereocenters. The third-order valence-electron chi connectivity index (χ3n) is 4.86. The van der Waals surface area contributed by atoms with Gasteiger partial charge in [-0.25, -0.2) is 0 Å². The molecular formula is C19H36N2O2. The van der Waals surface area contributed by atoms with E-state index in [-0.39, 0.29) is 17.2 Å². The van der Waals surface area contributed by atoms with Gasteiger partial charge in [0.1, 0.15) is 0 Å². The van der Waals surface area contributed by atoms with Crippen LogP contribution < -0.4 is 5.32 Å². The minimum Gasteiger partial charge on any atom is -0.356 e. The first-order chi connectivity index (χ1) is 10.9. The number of nitrogens with zero attached hydrogens (tertiary/aromatic N) is 1. The van der Waals surface area contributed by atoms with Crippen LogP contribution in [0.15, 0.2) is 0 Å². The number of carbonyl (C=O) groups is 2. The lowest BCUT2D eigenvalue weighted by atomic mass is 9.84. The van der Waals surface area contributed by atoms with Crippen LogP contribution in [0.5, 0.6) is 0 Å². The molecule has 0 aliphatic carbocycles. The molecule has 23 heavy (non-hydrogen) atoms. The summed E-state index contributed by atoms with van der Waals surface area (Å²) in [6.45, 7) is 11.0. The van der Waals surface area contributed by atoms with Gasteiger partial charge < -0.3 is 10.2 Å². The summed E-state index contributed by atoms with van der Waals surface area (Å²) in [4.78, 5) is 26.4. The molecule has 1 heterocycles. The summed E-state index contributed by atoms with van der Waals surface area (Å²) in [6.07, 6.45) is 7.84. The molecule has 1 fully saturated rings. The highest BCUT2D eigenvalue weighted by Gasteiger charge is 2.28. The summed E-state index contributed by atoms with van der Waals surface area (Å²) >= 11 is 0. The molecule has 1 aliphatic rings. The minimum atomic E-state index is -0.269. The van der Waals surface area contributed by atoms with Gasteiger partial charge in [0.05, 0.1) is 0 Å². The van der Waals surface area contributed by atoms with E-state index in [9.17, 15) is 9.59 Å². The number of likely N-dealkylation sites (tertiary alicyclic amines) is 1. The Labute approximate surface area is 142 Å². The maximum Gasteiger partial charge on any atom is 0.223 e. The van der Waals surface area contributed by atoms with E-state index < -0.39 is 0 Å². The molecule has 0 bridgehead atoms. The predicted molar refractivity (Wildman–Crippen MR) is 95.1 cm³/mol. The highest BCUT2D eigenvalue weighted by molar-refractivity contribution is 5.80. The molecule has 2 amide bonds. The topological polar surface area (TPSA) is 49.4 Å². The van der Waals surface area contributed by atoms with Crippen molar-refractivity contribution in [2.45, 2.75) is 79.1 Å². The second-order valence-electron chi connectivity index (χ2n) is 7.83. The fraction of sp³-hybridized carbons (Fsp3) is 0.895. The quantitative estimate of drug-likeness (QED) is 0.665. The Morgan fingerprint density at radius 1 is 1.13 bits per heavy atom. The van der Waals surface area contributed by atoms with Crippen LogP contribution in [0, 0.1) is 11.3 Å². The van der Waals surface area contributed by atoms with Gasteiger partial charge in [-0.05, 0) is 30.6 Å². The second kappa shape index (κ2) is 9.94. The van der Waals surface area contributed by atoms with Crippen molar-refractivity contribution < 1.29 is 9.59 Å². The predicted octanol–water partition coefficient (Wildman–Crippen LogP) is 3.75. The molecule has 0 radical (unpaired) electrons. The Bertz CT molecular complexity index is 374. The van der Waals surface area contributed by atoms with Crippen LogP contribution >= 0.6 is 0 Å². The smallest absolute Gasteiger partial charge is 0.223 e. The maximum absolute atomic E-state index is 12.3. The Kier molecular flexibility index (Phi) is 8.64. The lowest BCUT2D eigenvalue weighted by Crippen LogP contribution is -2.36. The van der Waals surface area contributed by atoms with E-state index >= 15 is 0 Å². The van der Waals surface area contributed by atoms with Crippen molar-refractivity contribution in [2.24, 2.45) is 11.3 Å². The lowest BCUT2D eigenvalue weighted by molar-refractivity contribution is -0.133. The average molecular weight is 325 g/mol. The third-order valence-corrected chi connectivity index (χ3v) is 4.86. The monoisotopic (exact) mass is 324 g/mol. The Morgan fingerprint density at radius 2 is 1.78 bits per heavy atom. The number of rotatable bonds is 10. The van der Waals surface area contributed by atoms with Gasteiger partial charge in [0.25, 0.3) is 0 Å². The molecule has 1 N–H and O–H groups in total. The third kappa shape index (κ3) is 7.85. The van der Waals surface area contributed by atoms with Crippen LogP contribution in [0.4, 0.5) is 0 Å². The summed E-state index contributed by atoms with van der Waals surface area (Å²) in [5, 5.41) is 3.08. The van der Waals surface area contributed by atoms with E-state index in [2.05, 4.69) is 19.2 Å². The van der Waals surface area contributed by atoms with Crippen LogP contribution in [0.2, 0.25) is 0 Å². The van der Waals surface area contributed by atoms with Crippen molar-refractivity contribution in [3.8, 4) is 0 Å². The largest absolute Gasteiger partial charge is 0.356 e. The fourth-order valence-corrected chi connectivity index (χ4v) is 3.25. The summed E-state index contributed by atoms with van der Waals surface area (Å²) in [5.74, 6) is 0.863. The Balaban J connectivity index is 2.34. The number of carbonyl (C=O) groups excluding carboxylic acids is 2. The molecule has 0 aromatic carbocycles. The van der Waals surface area contributed by atoms with Gasteiger partial charge in [-0.3, -0.25) is 9.59 Å². The van der Waals surface area contributed by atoms with E-state index in [4.69, 9.17) is 0 Å². The SMILES string of the molecule is CCCC[C@@H](CC)CNC(=O)CC(C)(C)CC(=O)N1CCCC1. The Hall–Kier alpha value is -1.06. The van der Waals surface area contributed by atoms with Crippen molar-refractivity contribution >= 4 is 11.8 Å². The first-order valence-electron chi connectivity index (χ1n) is 9.42. The lowest BCUT2D eigenvalue weighted by Gasteiger charge is -2.26. The van der Waals surface area contributed by atoms with Gasteiger partial charge in [-0.2, -0.15) is 0 Å². The molecule has 0 aromatic heterocycles. The first kappa shape index (κ1) is 20.0. The van der Waals surface area contributed by atoms with E-state index in [1.54, 1.807) is 0 Å². The zero-order valence-corrected chi connectivity index (χ0v) is 15.6. The van der Waals surface area contributed by atoms with Crippen molar-refractivity contribution in [2.75, 3.05) is 19.6 Å². The summed E-state index contributed by atoms with van der Waals surface area (Å²) < 4.78 is 0. The van der Waals surface area contributed by atoms with E-state index in [1.807, 2.05) is 18.7 Å². The van der Waals surface area contributed by atoms with Crippen LogP contribution in [0.3, 0.4) is 0 Å². The minimum absolute atomic E-state index is 0.0826. The molecule has 4 nitrogen and oxygen atoms in total. The zero-order chi connectivity index (χ0) is 17.3. The molecule has 0 saturated carbocycles. The molecule has 134 valence electrons. The molecule has 0 unspecified atom stereocenters. The molecule has 1 aliphatic heterocycles. The maximum atomic E-state index is 12.3. The molecule has 0 aromatic rings. The summed E-state index contributed by atoms with van der Waals surface area (Å²) in [7, 11) is 0. The second-order valence-corrected chi connectivity index (χ2v) is 7.83. The van der Waals surface area contributed by atoms with Gasteiger partial charge >= 0.3 is 0 Å². The number of unbranched alkanes of at least 4 members (excludes halogenated alkanes) is 1. The van der Waals surface area contributed by atoms with E-state index in [0.29, 0.717) is 18.8 Å². The number of nitrogens with one attached hydrogen (secondary N) is 1. The number of hydrogen-bond acceptors (Lipinski definition) is 2. The molecule has 1 saturated heterocycles. The van der Waals surface area contributed by atoms with Gasteiger partial charge in [0.15, 0.2) is 0 Å². The van der Waals surface area contributed by atoms with Crippen LogP contribution in [-0.2, 0) is 9.59 Å². The molecule has 0 spiro atoms. The van der Waals surface area contributed by atoms with Crippen molar-refractivity contribution in [3.63, 3.8) is 0 Å². The normalized spacial score (nSPS) is 16.4. The molecule has 1 rings (SSSR count). The fourth-order valence-electron chi connectivity index (χ4n) is 3.25. The molecular weight excluding hydrogens is 288 g/mol. The number of amides is 2. The van der Waals surface area contributed by atoms with E-state index in [1.165, 1.54) is 19.3 Å². The van der Waals surface area contributed by atoms with Gasteiger partial charge in [0, 0.05) is 32.5 Å². The Morgan fingerprint density at radius 3 is 2.35 bits per heavy atom. The first-order valence-corrected chi connectivity index (χ1v) is 9.42. The van der Waals surface area contributed by atoms with Gasteiger partial charge in [0.2, 0.25) is 11.8 Å². The van der Waals surface area contributed by atoms with Gasteiger partial charge in [-0.15, -0.1) is 0 Å². The number of hydrogen-bond donors (Lipinski definition) is 1. The van der Waals surface area contributed by atoms with E-state index in [0.717, 1.165) is 38.9 Å². The average Bonchev–Trinajstić information content (AvgIpc) is 3.00. The molecule has 4 heteroatoms. The van der Waals surface area contributed by atoms with Crippen molar-refractivity contribution in [1.82, 2.24) is 10.2 Å². The standard InChI is InChI=1S/C19H36N2O2/c1-5-7-10-16(6-2)15-20-17(22)13-19(3,4)14-18(23)21-11-8-9-12-21/h16H,5-15H2,1-4H3,(H,20,22)/t16-/m1/s1. The summed E-state index contributed by atoms with van der Waals surface area (Å²) in [6, 6.07) is 0. The highest BCUT2D eigenvalue weighted by Crippen LogP contribution is 2.27. The van der Waals surface area contributed by atoms with Crippen molar-refractivity contribution in [1.29, 1.82) is 0 Å². The van der Waals surface area contributed by atoms with Crippen LogP contribution in [-0.4, -0.2) is 36.3 Å². The van der Waals surface area contributed by atoms with Crippen molar-refractivity contribution in [3.05, 3.63) is 0 Å². The van der Waals surface area contributed by atoms with Crippen LogP contribution in [0.1, 0.15) is 79.1 Å². The zero-order valence-electron chi connectivity index (χ0n) is 15.6. The van der Waals surface area contributed by atoms with Gasteiger partial charge in [-0.1, -0.05) is 47.0 Å². The van der Waals surface area contributed by atoms with Crippen LogP contribution in [0.25, 0.3) is 0 Å².